The first kappa shape index (κ1) is 13.4. The van der Waals surface area contributed by atoms with Crippen molar-refractivity contribution in [3.63, 3.8) is 0 Å². The van der Waals surface area contributed by atoms with Gasteiger partial charge in [0, 0.05) is 6.54 Å². The topological polar surface area (TPSA) is 61.0 Å². The zero-order valence-corrected chi connectivity index (χ0v) is 11.5. The van der Waals surface area contributed by atoms with E-state index < -0.39 is 0 Å². The summed E-state index contributed by atoms with van der Waals surface area (Å²) in [6, 6.07) is 0. The monoisotopic (exact) mass is 270 g/mol. The van der Waals surface area contributed by atoms with Crippen molar-refractivity contribution in [3.05, 3.63) is 21.7 Å². The predicted molar refractivity (Wildman–Crippen MR) is 73.2 cm³/mol. The third-order valence-electron chi connectivity index (χ3n) is 3.67. The second kappa shape index (κ2) is 5.28. The van der Waals surface area contributed by atoms with E-state index in [4.69, 9.17) is 11.6 Å². The Morgan fingerprint density at radius 2 is 2.22 bits per heavy atom. The van der Waals surface area contributed by atoms with Gasteiger partial charge in [0.1, 0.15) is 5.02 Å². The van der Waals surface area contributed by atoms with Gasteiger partial charge in [-0.25, -0.2) is 4.98 Å². The van der Waals surface area contributed by atoms with E-state index in [1.54, 1.807) is 0 Å². The molecule has 5 nitrogen and oxygen atoms in total. The summed E-state index contributed by atoms with van der Waals surface area (Å²) in [5.41, 5.74) is -0.0668. The first-order chi connectivity index (χ1) is 8.50. The number of halogens is 1. The van der Waals surface area contributed by atoms with Crippen LogP contribution >= 0.6 is 11.6 Å². The largest absolute Gasteiger partial charge is 0.368 e. The van der Waals surface area contributed by atoms with Gasteiger partial charge in [-0.2, -0.15) is 0 Å². The number of nitrogens with zero attached hydrogens (tertiary/aromatic N) is 2. The van der Waals surface area contributed by atoms with Crippen molar-refractivity contribution in [2.45, 2.75) is 19.8 Å². The minimum Gasteiger partial charge on any atom is -0.368 e. The van der Waals surface area contributed by atoms with Gasteiger partial charge in [-0.3, -0.25) is 4.79 Å². The summed E-state index contributed by atoms with van der Waals surface area (Å²) in [5.74, 6) is 0.473. The van der Waals surface area contributed by atoms with Gasteiger partial charge in [0.15, 0.2) is 5.82 Å². The molecular formula is C12H19ClN4O. The smallest absolute Gasteiger partial charge is 0.271 e. The Balaban J connectivity index is 1.99. The average Bonchev–Trinajstić information content (AvgIpc) is 2.35. The highest BCUT2D eigenvalue weighted by Crippen LogP contribution is 2.30. The number of hydrogen-bond donors (Lipinski definition) is 2. The number of H-pyrrole nitrogens is 1. The van der Waals surface area contributed by atoms with Gasteiger partial charge in [0.05, 0.1) is 6.33 Å². The zero-order chi connectivity index (χ0) is 13.2. The highest BCUT2D eigenvalue weighted by Gasteiger charge is 2.28. The van der Waals surface area contributed by atoms with Crippen LogP contribution in [0.3, 0.4) is 0 Å². The van der Waals surface area contributed by atoms with Gasteiger partial charge in [0.25, 0.3) is 5.56 Å². The van der Waals surface area contributed by atoms with Crippen molar-refractivity contribution in [3.8, 4) is 0 Å². The van der Waals surface area contributed by atoms with Crippen LogP contribution in [-0.2, 0) is 0 Å². The molecule has 0 aliphatic carbocycles. The van der Waals surface area contributed by atoms with Gasteiger partial charge >= 0.3 is 0 Å². The number of hydrogen-bond acceptors (Lipinski definition) is 4. The third kappa shape index (κ3) is 3.03. The highest BCUT2D eigenvalue weighted by molar-refractivity contribution is 6.32. The predicted octanol–water partition coefficient (Wildman–Crippen LogP) is 1.57. The molecule has 1 aliphatic rings. The van der Waals surface area contributed by atoms with E-state index in [1.807, 2.05) is 0 Å². The number of aromatic nitrogens is 2. The lowest BCUT2D eigenvalue weighted by Gasteiger charge is -2.38. The molecule has 100 valence electrons. The van der Waals surface area contributed by atoms with Crippen LogP contribution in [0.4, 0.5) is 5.82 Å². The standard InChI is InChI=1S/C12H19ClN4O/c1-12(3-5-17(2)6-4-12)7-14-10-9(13)11(18)16-8-15-10/h8H,3-7H2,1-2H3,(H2,14,15,16,18). The minimum absolute atomic E-state index is 0.133. The molecule has 0 atom stereocenters. The normalized spacial score (nSPS) is 19.7. The van der Waals surface area contributed by atoms with E-state index >= 15 is 0 Å². The maximum Gasteiger partial charge on any atom is 0.271 e. The summed E-state index contributed by atoms with van der Waals surface area (Å²) in [5, 5.41) is 3.33. The van der Waals surface area contributed by atoms with E-state index in [-0.39, 0.29) is 16.0 Å². The Morgan fingerprint density at radius 1 is 1.56 bits per heavy atom. The number of nitrogens with one attached hydrogen (secondary N) is 2. The first-order valence-corrected chi connectivity index (χ1v) is 6.54. The number of rotatable bonds is 3. The number of anilines is 1. The minimum atomic E-state index is -0.303. The Labute approximate surface area is 112 Å². The number of likely N-dealkylation sites (tertiary alicyclic amines) is 1. The molecule has 0 aromatic carbocycles. The zero-order valence-electron chi connectivity index (χ0n) is 10.8. The van der Waals surface area contributed by atoms with Crippen molar-refractivity contribution in [1.29, 1.82) is 0 Å². The summed E-state index contributed by atoms with van der Waals surface area (Å²) in [7, 11) is 2.14. The van der Waals surface area contributed by atoms with Gasteiger partial charge in [-0.05, 0) is 38.4 Å². The molecule has 2 rings (SSSR count). The van der Waals surface area contributed by atoms with E-state index in [2.05, 4.69) is 34.2 Å². The van der Waals surface area contributed by atoms with Gasteiger partial charge in [0.2, 0.25) is 0 Å². The molecule has 0 radical (unpaired) electrons. The second-order valence-corrected chi connectivity index (χ2v) is 5.74. The van der Waals surface area contributed by atoms with Crippen molar-refractivity contribution in [2.24, 2.45) is 5.41 Å². The molecule has 1 saturated heterocycles. The number of piperidine rings is 1. The van der Waals surface area contributed by atoms with Crippen LogP contribution in [0.1, 0.15) is 19.8 Å². The molecule has 0 saturated carbocycles. The number of aromatic amines is 1. The van der Waals surface area contributed by atoms with Gasteiger partial charge in [-0.15, -0.1) is 0 Å². The van der Waals surface area contributed by atoms with Gasteiger partial charge in [-0.1, -0.05) is 18.5 Å². The third-order valence-corrected chi connectivity index (χ3v) is 4.02. The fraction of sp³-hybridized carbons (Fsp3) is 0.667. The Morgan fingerprint density at radius 3 is 2.89 bits per heavy atom. The summed E-state index contributed by atoms with van der Waals surface area (Å²) in [6.07, 6.45) is 3.64. The van der Waals surface area contributed by atoms with E-state index in [9.17, 15) is 4.79 Å². The van der Waals surface area contributed by atoms with Crippen LogP contribution in [0, 0.1) is 5.41 Å². The molecule has 1 fully saturated rings. The van der Waals surface area contributed by atoms with Crippen LogP contribution < -0.4 is 10.9 Å². The van der Waals surface area contributed by atoms with Crippen LogP contribution in [0.15, 0.2) is 11.1 Å². The van der Waals surface area contributed by atoms with Crippen molar-refractivity contribution in [1.82, 2.24) is 14.9 Å². The van der Waals surface area contributed by atoms with E-state index in [0.717, 1.165) is 32.5 Å². The lowest BCUT2D eigenvalue weighted by Crippen LogP contribution is -2.40. The summed E-state index contributed by atoms with van der Waals surface area (Å²) < 4.78 is 0. The molecule has 6 heteroatoms. The summed E-state index contributed by atoms with van der Waals surface area (Å²) >= 11 is 5.90. The van der Waals surface area contributed by atoms with E-state index in [1.165, 1.54) is 6.33 Å². The Bertz CT molecular complexity index is 465. The second-order valence-electron chi connectivity index (χ2n) is 5.36. The fourth-order valence-electron chi connectivity index (χ4n) is 2.14. The van der Waals surface area contributed by atoms with Gasteiger partial charge < -0.3 is 15.2 Å². The van der Waals surface area contributed by atoms with Crippen LogP contribution in [0.2, 0.25) is 5.02 Å². The maximum absolute atomic E-state index is 11.3. The molecule has 0 bridgehead atoms. The lowest BCUT2D eigenvalue weighted by molar-refractivity contribution is 0.150. The van der Waals surface area contributed by atoms with Crippen LogP contribution in [-0.4, -0.2) is 41.5 Å². The molecule has 0 amide bonds. The Kier molecular flexibility index (Phi) is 3.92. The molecule has 1 aromatic heterocycles. The molecular weight excluding hydrogens is 252 g/mol. The van der Waals surface area contributed by atoms with Crippen LogP contribution in [0.5, 0.6) is 0 Å². The van der Waals surface area contributed by atoms with Crippen molar-refractivity contribution in [2.75, 3.05) is 32.0 Å². The quantitative estimate of drug-likeness (QED) is 0.875. The lowest BCUT2D eigenvalue weighted by atomic mass is 9.80. The summed E-state index contributed by atoms with van der Waals surface area (Å²) in [6.45, 7) is 5.26. The van der Waals surface area contributed by atoms with Crippen molar-refractivity contribution >= 4 is 17.4 Å². The fourth-order valence-corrected chi connectivity index (χ4v) is 2.31. The molecule has 18 heavy (non-hydrogen) atoms. The van der Waals surface area contributed by atoms with E-state index in [0.29, 0.717) is 5.82 Å². The molecule has 2 heterocycles. The molecule has 0 unspecified atom stereocenters. The summed E-state index contributed by atoms with van der Waals surface area (Å²) in [4.78, 5) is 20.2. The molecule has 1 aliphatic heterocycles. The highest BCUT2D eigenvalue weighted by atomic mass is 35.5. The Hall–Kier alpha value is -1.07. The van der Waals surface area contributed by atoms with Crippen molar-refractivity contribution < 1.29 is 0 Å². The SMILES string of the molecule is CN1CCC(C)(CNc2nc[nH]c(=O)c2Cl)CC1. The average molecular weight is 271 g/mol. The molecule has 1 aromatic rings. The molecule has 2 N–H and O–H groups in total. The van der Waals surface area contributed by atoms with Crippen LogP contribution in [0.25, 0.3) is 0 Å². The maximum atomic E-state index is 11.3. The molecule has 0 spiro atoms. The first-order valence-electron chi connectivity index (χ1n) is 6.16.